The highest BCUT2D eigenvalue weighted by atomic mass is 32.2. The van der Waals surface area contributed by atoms with Gasteiger partial charge in [0.2, 0.25) is 0 Å². The fourth-order valence-corrected chi connectivity index (χ4v) is 5.06. The SMILES string of the molecule is CCCCCCCCCCCCCCCCCCc1ccc(Sc2ccccc2)cc1. The molecule has 0 N–H and O–H groups in total. The second-order valence-electron chi connectivity index (χ2n) is 9.11. The first-order valence-electron chi connectivity index (χ1n) is 13.2. The van der Waals surface area contributed by atoms with Crippen LogP contribution in [-0.4, -0.2) is 0 Å². The quantitative estimate of drug-likeness (QED) is 0.196. The van der Waals surface area contributed by atoms with E-state index in [0.29, 0.717) is 0 Å². The first-order valence-corrected chi connectivity index (χ1v) is 14.0. The third kappa shape index (κ3) is 13.7. The van der Waals surface area contributed by atoms with Crippen LogP contribution in [0, 0.1) is 0 Å². The summed E-state index contributed by atoms with van der Waals surface area (Å²) in [4.78, 5) is 2.65. The van der Waals surface area contributed by atoms with Gasteiger partial charge in [0.1, 0.15) is 0 Å². The van der Waals surface area contributed by atoms with Crippen molar-refractivity contribution in [3.8, 4) is 0 Å². The Labute approximate surface area is 197 Å². The molecule has 0 atom stereocenters. The highest BCUT2D eigenvalue weighted by Crippen LogP contribution is 2.27. The van der Waals surface area contributed by atoms with Crippen LogP contribution in [0.5, 0.6) is 0 Å². The van der Waals surface area contributed by atoms with Gasteiger partial charge in [-0.3, -0.25) is 0 Å². The Bertz CT molecular complexity index is 631. The fourth-order valence-electron chi connectivity index (χ4n) is 4.23. The summed E-state index contributed by atoms with van der Waals surface area (Å²) in [5, 5.41) is 0. The minimum atomic E-state index is 1.23. The van der Waals surface area contributed by atoms with E-state index in [2.05, 4.69) is 61.5 Å². The number of hydrogen-bond donors (Lipinski definition) is 0. The van der Waals surface area contributed by atoms with Gasteiger partial charge in [-0.05, 0) is 42.7 Å². The summed E-state index contributed by atoms with van der Waals surface area (Å²) < 4.78 is 0. The third-order valence-corrected chi connectivity index (χ3v) is 7.24. The molecule has 0 amide bonds. The summed E-state index contributed by atoms with van der Waals surface area (Å²) in [6, 6.07) is 19.8. The van der Waals surface area contributed by atoms with Crippen LogP contribution in [0.3, 0.4) is 0 Å². The standard InChI is InChI=1S/C30H46S/c1-2-3-4-5-6-7-8-9-10-11-12-13-14-15-16-18-21-28-24-26-30(27-25-28)31-29-22-19-17-20-23-29/h17,19-20,22-27H,2-16,18,21H2,1H3. The highest BCUT2D eigenvalue weighted by Gasteiger charge is 1.99. The zero-order chi connectivity index (χ0) is 21.8. The molecule has 0 fully saturated rings. The monoisotopic (exact) mass is 438 g/mol. The number of unbranched alkanes of at least 4 members (excludes halogenated alkanes) is 15. The smallest absolute Gasteiger partial charge is 0.0122 e. The zero-order valence-electron chi connectivity index (χ0n) is 20.1. The van der Waals surface area contributed by atoms with Gasteiger partial charge >= 0.3 is 0 Å². The summed E-state index contributed by atoms with van der Waals surface area (Å²) in [7, 11) is 0. The Balaban J connectivity index is 1.36. The lowest BCUT2D eigenvalue weighted by Crippen LogP contribution is -1.87. The molecule has 2 aromatic carbocycles. The van der Waals surface area contributed by atoms with Gasteiger partial charge in [-0.15, -0.1) is 0 Å². The molecule has 0 spiro atoms. The van der Waals surface area contributed by atoms with Crippen molar-refractivity contribution in [1.82, 2.24) is 0 Å². The predicted molar refractivity (Wildman–Crippen MR) is 140 cm³/mol. The Morgan fingerprint density at radius 3 is 1.35 bits per heavy atom. The predicted octanol–water partition coefficient (Wildman–Crippen LogP) is 10.6. The van der Waals surface area contributed by atoms with E-state index in [4.69, 9.17) is 0 Å². The molecule has 0 radical (unpaired) electrons. The van der Waals surface area contributed by atoms with Crippen LogP contribution in [-0.2, 0) is 6.42 Å². The van der Waals surface area contributed by atoms with Crippen molar-refractivity contribution in [2.24, 2.45) is 0 Å². The van der Waals surface area contributed by atoms with Gasteiger partial charge in [0.15, 0.2) is 0 Å². The first kappa shape index (κ1) is 26.0. The van der Waals surface area contributed by atoms with Crippen molar-refractivity contribution in [2.45, 2.75) is 126 Å². The summed E-state index contributed by atoms with van der Waals surface area (Å²) >= 11 is 1.85. The Hall–Kier alpha value is -1.21. The second-order valence-corrected chi connectivity index (χ2v) is 10.3. The molecule has 2 rings (SSSR count). The fraction of sp³-hybridized carbons (Fsp3) is 0.600. The van der Waals surface area contributed by atoms with Crippen LogP contribution in [0.15, 0.2) is 64.4 Å². The molecule has 172 valence electrons. The maximum Gasteiger partial charge on any atom is 0.0122 e. The van der Waals surface area contributed by atoms with E-state index in [1.54, 1.807) is 0 Å². The summed E-state index contributed by atoms with van der Waals surface area (Å²) in [6.07, 6.45) is 24.2. The largest absolute Gasteiger partial charge is 0.0901 e. The van der Waals surface area contributed by atoms with E-state index in [1.165, 1.54) is 125 Å². The van der Waals surface area contributed by atoms with Gasteiger partial charge in [0.05, 0.1) is 0 Å². The van der Waals surface area contributed by atoms with E-state index < -0.39 is 0 Å². The maximum atomic E-state index is 2.32. The normalized spacial score (nSPS) is 11.1. The van der Waals surface area contributed by atoms with Crippen molar-refractivity contribution in [2.75, 3.05) is 0 Å². The minimum absolute atomic E-state index is 1.23. The van der Waals surface area contributed by atoms with E-state index >= 15 is 0 Å². The molecule has 0 saturated heterocycles. The van der Waals surface area contributed by atoms with Gasteiger partial charge < -0.3 is 0 Å². The van der Waals surface area contributed by atoms with Crippen LogP contribution in [0.25, 0.3) is 0 Å². The van der Waals surface area contributed by atoms with Gasteiger partial charge in [-0.25, -0.2) is 0 Å². The van der Waals surface area contributed by atoms with Crippen LogP contribution >= 0.6 is 11.8 Å². The summed E-state index contributed by atoms with van der Waals surface area (Å²) in [5.41, 5.74) is 1.49. The van der Waals surface area contributed by atoms with Crippen LogP contribution in [0.4, 0.5) is 0 Å². The molecule has 1 heteroatoms. The molecule has 0 aliphatic heterocycles. The Kier molecular flexibility index (Phi) is 15.4. The van der Waals surface area contributed by atoms with Gasteiger partial charge in [-0.1, -0.05) is 145 Å². The first-order chi connectivity index (χ1) is 15.4. The van der Waals surface area contributed by atoms with E-state index in [9.17, 15) is 0 Å². The lowest BCUT2D eigenvalue weighted by molar-refractivity contribution is 0.529. The lowest BCUT2D eigenvalue weighted by atomic mass is 10.0. The van der Waals surface area contributed by atoms with Gasteiger partial charge in [0, 0.05) is 9.79 Å². The average molecular weight is 439 g/mol. The van der Waals surface area contributed by atoms with Crippen LogP contribution < -0.4 is 0 Å². The summed E-state index contributed by atoms with van der Waals surface area (Å²) in [5.74, 6) is 0. The zero-order valence-corrected chi connectivity index (χ0v) is 20.9. The molecule has 0 aliphatic carbocycles. The molecule has 0 saturated carbocycles. The molecule has 0 heterocycles. The number of benzene rings is 2. The second kappa shape index (κ2) is 18.4. The minimum Gasteiger partial charge on any atom is -0.0901 e. The molecule has 2 aromatic rings. The van der Waals surface area contributed by atoms with Gasteiger partial charge in [0.25, 0.3) is 0 Å². The molecular formula is C30H46S. The molecular weight excluding hydrogens is 392 g/mol. The molecule has 0 nitrogen and oxygen atoms in total. The maximum absolute atomic E-state index is 2.32. The van der Waals surface area contributed by atoms with Crippen molar-refractivity contribution in [3.63, 3.8) is 0 Å². The average Bonchev–Trinajstić information content (AvgIpc) is 2.80. The van der Waals surface area contributed by atoms with Gasteiger partial charge in [-0.2, -0.15) is 0 Å². The molecule has 0 unspecified atom stereocenters. The lowest BCUT2D eigenvalue weighted by Gasteiger charge is -2.05. The number of rotatable bonds is 19. The molecule has 0 bridgehead atoms. The molecule has 0 aromatic heterocycles. The van der Waals surface area contributed by atoms with E-state index in [0.717, 1.165) is 0 Å². The molecule has 31 heavy (non-hydrogen) atoms. The van der Waals surface area contributed by atoms with E-state index in [1.807, 2.05) is 11.8 Å². The molecule has 0 aliphatic rings. The topological polar surface area (TPSA) is 0 Å². The van der Waals surface area contributed by atoms with Crippen LogP contribution in [0.2, 0.25) is 0 Å². The Morgan fingerprint density at radius 1 is 0.452 bits per heavy atom. The van der Waals surface area contributed by atoms with Crippen LogP contribution in [0.1, 0.15) is 115 Å². The van der Waals surface area contributed by atoms with Crippen molar-refractivity contribution in [1.29, 1.82) is 0 Å². The van der Waals surface area contributed by atoms with Crippen molar-refractivity contribution in [3.05, 3.63) is 60.2 Å². The van der Waals surface area contributed by atoms with Crippen molar-refractivity contribution >= 4 is 11.8 Å². The Morgan fingerprint density at radius 2 is 0.871 bits per heavy atom. The highest BCUT2D eigenvalue weighted by molar-refractivity contribution is 7.99. The van der Waals surface area contributed by atoms with Crippen molar-refractivity contribution < 1.29 is 0 Å². The third-order valence-electron chi connectivity index (χ3n) is 6.22. The number of hydrogen-bond acceptors (Lipinski definition) is 1. The van der Waals surface area contributed by atoms with E-state index in [-0.39, 0.29) is 0 Å². The number of aryl methyl sites for hydroxylation is 1. The summed E-state index contributed by atoms with van der Waals surface area (Å²) in [6.45, 7) is 2.30.